The highest BCUT2D eigenvalue weighted by Gasteiger charge is 2.18. The third-order valence-corrected chi connectivity index (χ3v) is 2.47. The molecule has 0 saturated carbocycles. The third kappa shape index (κ3) is 3.51. The van der Waals surface area contributed by atoms with E-state index in [1.807, 2.05) is 6.07 Å². The minimum atomic E-state index is -0.898. The Balaban J connectivity index is 2.80. The van der Waals surface area contributed by atoms with E-state index in [9.17, 15) is 4.79 Å². The Morgan fingerprint density at radius 3 is 2.50 bits per heavy atom. The number of carbonyl (C=O) groups is 1. The van der Waals surface area contributed by atoms with Gasteiger partial charge in [0.15, 0.2) is 0 Å². The molecular formula is C11H9BrClNO2. The molecule has 2 atom stereocenters. The quantitative estimate of drug-likeness (QED) is 0.636. The number of alkyl halides is 1. The van der Waals surface area contributed by atoms with Crippen LogP contribution in [-0.2, 0) is 9.53 Å². The lowest BCUT2D eigenvalue weighted by Gasteiger charge is -2.12. The van der Waals surface area contributed by atoms with Crippen molar-refractivity contribution < 1.29 is 9.53 Å². The van der Waals surface area contributed by atoms with E-state index >= 15 is 0 Å². The fourth-order valence-electron chi connectivity index (χ4n) is 1.02. The van der Waals surface area contributed by atoms with Gasteiger partial charge < -0.3 is 4.74 Å². The van der Waals surface area contributed by atoms with E-state index in [1.165, 1.54) is 0 Å². The first-order valence-corrected chi connectivity index (χ1v) is 5.83. The number of ether oxygens (including phenoxy) is 1. The van der Waals surface area contributed by atoms with Crippen LogP contribution in [0, 0.1) is 11.3 Å². The van der Waals surface area contributed by atoms with Crippen molar-refractivity contribution in [2.24, 2.45) is 0 Å². The van der Waals surface area contributed by atoms with Crippen LogP contribution < -0.4 is 0 Å². The zero-order chi connectivity index (χ0) is 12.1. The number of hydrogen-bond donors (Lipinski definition) is 0. The normalized spacial score (nSPS) is 13.6. The molecule has 1 aromatic rings. The minimum absolute atomic E-state index is 0.435. The molecule has 84 valence electrons. The summed E-state index contributed by atoms with van der Waals surface area (Å²) in [5.74, 6) is -0.471. The van der Waals surface area contributed by atoms with Gasteiger partial charge in [-0.1, -0.05) is 39.7 Å². The van der Waals surface area contributed by atoms with Crippen molar-refractivity contribution in [3.05, 3.63) is 34.9 Å². The molecule has 1 aromatic carbocycles. The summed E-state index contributed by atoms with van der Waals surface area (Å²) < 4.78 is 5.00. The Hall–Kier alpha value is -1.05. The van der Waals surface area contributed by atoms with Gasteiger partial charge in [-0.3, -0.25) is 4.79 Å². The lowest BCUT2D eigenvalue weighted by atomic mass is 10.1. The van der Waals surface area contributed by atoms with E-state index in [0.29, 0.717) is 10.6 Å². The van der Waals surface area contributed by atoms with Gasteiger partial charge in [0.2, 0.25) is 6.10 Å². The Morgan fingerprint density at radius 2 is 2.06 bits per heavy atom. The maximum atomic E-state index is 11.3. The van der Waals surface area contributed by atoms with Crippen molar-refractivity contribution in [3.8, 4) is 6.07 Å². The highest BCUT2D eigenvalue weighted by molar-refractivity contribution is 9.10. The summed E-state index contributed by atoms with van der Waals surface area (Å²) in [6.07, 6.45) is -0.898. The Kier molecular flexibility index (Phi) is 4.78. The summed E-state index contributed by atoms with van der Waals surface area (Å²) in [5.41, 5.74) is 0.605. The second kappa shape index (κ2) is 5.88. The fourth-order valence-corrected chi connectivity index (χ4v) is 1.25. The van der Waals surface area contributed by atoms with Crippen LogP contribution in [0.15, 0.2) is 24.3 Å². The molecule has 2 unspecified atom stereocenters. The Bertz CT molecular complexity index is 411. The number of nitriles is 1. The van der Waals surface area contributed by atoms with Gasteiger partial charge in [0.25, 0.3) is 0 Å². The van der Waals surface area contributed by atoms with Gasteiger partial charge >= 0.3 is 5.97 Å². The molecule has 3 nitrogen and oxygen atoms in total. The average molecular weight is 303 g/mol. The highest BCUT2D eigenvalue weighted by atomic mass is 79.9. The van der Waals surface area contributed by atoms with Gasteiger partial charge in [0.1, 0.15) is 10.9 Å². The molecule has 0 heterocycles. The summed E-state index contributed by atoms with van der Waals surface area (Å²) in [6.45, 7) is 1.64. The van der Waals surface area contributed by atoms with Crippen LogP contribution in [0.1, 0.15) is 18.6 Å². The van der Waals surface area contributed by atoms with Crippen LogP contribution in [0.3, 0.4) is 0 Å². The largest absolute Gasteiger partial charge is 0.441 e. The van der Waals surface area contributed by atoms with Gasteiger partial charge in [0, 0.05) is 10.6 Å². The molecule has 0 aliphatic carbocycles. The Labute approximate surface area is 107 Å². The zero-order valence-corrected chi connectivity index (χ0v) is 10.8. The summed E-state index contributed by atoms with van der Waals surface area (Å²) in [5, 5.41) is 9.47. The van der Waals surface area contributed by atoms with E-state index in [1.54, 1.807) is 31.2 Å². The average Bonchev–Trinajstić information content (AvgIpc) is 2.26. The van der Waals surface area contributed by atoms with Crippen molar-refractivity contribution in [1.82, 2.24) is 0 Å². The van der Waals surface area contributed by atoms with Gasteiger partial charge in [-0.05, 0) is 19.1 Å². The summed E-state index contributed by atoms with van der Waals surface area (Å²) in [6, 6.07) is 8.52. The highest BCUT2D eigenvalue weighted by Crippen LogP contribution is 2.20. The molecule has 16 heavy (non-hydrogen) atoms. The SMILES string of the molecule is CC(Br)C(=O)OC(C#N)c1ccc(Cl)cc1. The van der Waals surface area contributed by atoms with Crippen molar-refractivity contribution in [1.29, 1.82) is 5.26 Å². The standard InChI is InChI=1S/C11H9BrClNO2/c1-7(12)11(15)16-10(6-14)8-2-4-9(13)5-3-8/h2-5,7,10H,1H3. The van der Waals surface area contributed by atoms with Crippen LogP contribution in [0.4, 0.5) is 0 Å². The predicted molar refractivity (Wildman–Crippen MR) is 64.3 cm³/mol. The van der Waals surface area contributed by atoms with Gasteiger partial charge in [-0.2, -0.15) is 5.26 Å². The maximum absolute atomic E-state index is 11.3. The van der Waals surface area contributed by atoms with Crippen LogP contribution in [0.2, 0.25) is 5.02 Å². The lowest BCUT2D eigenvalue weighted by Crippen LogP contribution is -2.17. The number of esters is 1. The molecule has 0 fully saturated rings. The second-order valence-corrected chi connectivity index (χ2v) is 4.92. The van der Waals surface area contributed by atoms with Crippen molar-refractivity contribution in [3.63, 3.8) is 0 Å². The van der Waals surface area contributed by atoms with E-state index in [-0.39, 0.29) is 0 Å². The predicted octanol–water partition coefficient (Wildman–Crippen LogP) is 3.23. The summed E-state index contributed by atoms with van der Waals surface area (Å²) in [7, 11) is 0. The molecule has 0 N–H and O–H groups in total. The molecular weight excluding hydrogens is 293 g/mol. The van der Waals surface area contributed by atoms with Gasteiger partial charge in [-0.25, -0.2) is 0 Å². The first kappa shape index (κ1) is 13.0. The minimum Gasteiger partial charge on any atom is -0.441 e. The smallest absolute Gasteiger partial charge is 0.321 e. The van der Waals surface area contributed by atoms with E-state index in [0.717, 1.165) is 0 Å². The molecule has 0 radical (unpaired) electrons. The molecule has 0 amide bonds. The van der Waals surface area contributed by atoms with Gasteiger partial charge in [0.05, 0.1) is 0 Å². The number of benzene rings is 1. The molecule has 5 heteroatoms. The van der Waals surface area contributed by atoms with E-state index < -0.39 is 16.9 Å². The zero-order valence-electron chi connectivity index (χ0n) is 8.48. The maximum Gasteiger partial charge on any atom is 0.321 e. The summed E-state index contributed by atoms with van der Waals surface area (Å²) in [4.78, 5) is 10.9. The molecule has 0 saturated heterocycles. The van der Waals surface area contributed by atoms with Crippen LogP contribution in [-0.4, -0.2) is 10.8 Å². The number of nitrogens with zero attached hydrogens (tertiary/aromatic N) is 1. The van der Waals surface area contributed by atoms with Crippen molar-refractivity contribution in [2.45, 2.75) is 17.9 Å². The van der Waals surface area contributed by atoms with Crippen molar-refractivity contribution >= 4 is 33.5 Å². The molecule has 0 aliphatic heterocycles. The molecule has 0 aromatic heterocycles. The van der Waals surface area contributed by atoms with Crippen LogP contribution >= 0.6 is 27.5 Å². The molecule has 1 rings (SSSR count). The fraction of sp³-hybridized carbons (Fsp3) is 0.273. The molecule has 0 aliphatic rings. The molecule has 0 spiro atoms. The molecule has 0 bridgehead atoms. The monoisotopic (exact) mass is 301 g/mol. The topological polar surface area (TPSA) is 50.1 Å². The Morgan fingerprint density at radius 1 is 1.50 bits per heavy atom. The first-order valence-electron chi connectivity index (χ1n) is 4.54. The number of rotatable bonds is 3. The number of hydrogen-bond acceptors (Lipinski definition) is 3. The number of halogens is 2. The van der Waals surface area contributed by atoms with E-state index in [4.69, 9.17) is 21.6 Å². The first-order chi connectivity index (χ1) is 7.54. The van der Waals surface area contributed by atoms with Crippen molar-refractivity contribution in [2.75, 3.05) is 0 Å². The van der Waals surface area contributed by atoms with Crippen LogP contribution in [0.25, 0.3) is 0 Å². The van der Waals surface area contributed by atoms with Gasteiger partial charge in [-0.15, -0.1) is 0 Å². The number of carbonyl (C=O) groups excluding carboxylic acids is 1. The summed E-state index contributed by atoms with van der Waals surface area (Å²) >= 11 is 8.79. The third-order valence-electron chi connectivity index (χ3n) is 1.85. The second-order valence-electron chi connectivity index (χ2n) is 3.11. The lowest BCUT2D eigenvalue weighted by molar-refractivity contribution is -0.145. The van der Waals surface area contributed by atoms with Crippen LogP contribution in [0.5, 0.6) is 0 Å². The van der Waals surface area contributed by atoms with E-state index in [2.05, 4.69) is 15.9 Å².